The number of anilines is 2. The van der Waals surface area contributed by atoms with E-state index >= 15 is 0 Å². The van der Waals surface area contributed by atoms with Gasteiger partial charge in [0.2, 0.25) is 10.0 Å². The highest BCUT2D eigenvalue weighted by Gasteiger charge is 2.26. The summed E-state index contributed by atoms with van der Waals surface area (Å²) in [5, 5.41) is 8.60. The average Bonchev–Trinajstić information content (AvgIpc) is 3.38. The Morgan fingerprint density at radius 2 is 1.89 bits per heavy atom. The summed E-state index contributed by atoms with van der Waals surface area (Å²) >= 11 is 7.78. The third-order valence-electron chi connectivity index (χ3n) is 5.70. The SMILES string of the molecule is CNc1nc(-c2ccc(OC)c(NC(=O)COc3ccc(S(=O)(=O)N4CCCCC4)cc3Cl)c2)cs1. The summed E-state index contributed by atoms with van der Waals surface area (Å²) < 4.78 is 38.2. The number of methoxy groups -OCH3 is 1. The van der Waals surface area contributed by atoms with E-state index in [0.29, 0.717) is 24.5 Å². The molecule has 2 aromatic carbocycles. The van der Waals surface area contributed by atoms with Gasteiger partial charge in [0.05, 0.1) is 28.4 Å². The fourth-order valence-corrected chi connectivity index (χ4v) is 6.35. The maximum absolute atomic E-state index is 12.9. The molecule has 4 rings (SSSR count). The molecule has 2 N–H and O–H groups in total. The van der Waals surface area contributed by atoms with Gasteiger partial charge >= 0.3 is 0 Å². The first-order chi connectivity index (χ1) is 17.3. The molecule has 36 heavy (non-hydrogen) atoms. The highest BCUT2D eigenvalue weighted by Crippen LogP contribution is 2.33. The van der Waals surface area contributed by atoms with Crippen LogP contribution in [0.2, 0.25) is 5.02 Å². The predicted molar refractivity (Wildman–Crippen MR) is 142 cm³/mol. The molecule has 1 amide bonds. The summed E-state index contributed by atoms with van der Waals surface area (Å²) in [5.41, 5.74) is 2.06. The van der Waals surface area contributed by atoms with Crippen molar-refractivity contribution in [3.63, 3.8) is 0 Å². The van der Waals surface area contributed by atoms with E-state index in [1.54, 1.807) is 19.2 Å². The number of carbonyl (C=O) groups excluding carboxylic acids is 1. The molecular weight excluding hydrogens is 524 g/mol. The van der Waals surface area contributed by atoms with E-state index < -0.39 is 15.9 Å². The lowest BCUT2D eigenvalue weighted by Crippen LogP contribution is -2.35. The van der Waals surface area contributed by atoms with Crippen LogP contribution in [0.4, 0.5) is 10.8 Å². The standard InChI is InChI=1S/C24H27ClN4O5S2/c1-26-24-28-20(15-35-24)16-6-8-22(33-2)19(12-16)27-23(30)14-34-21-9-7-17(13-18(21)25)36(31,32)29-10-4-3-5-11-29/h6-9,12-13,15H,3-5,10-11,14H2,1-2H3,(H,26,28)(H,27,30). The number of halogens is 1. The van der Waals surface area contributed by atoms with Crippen LogP contribution in [0.1, 0.15) is 19.3 Å². The zero-order valence-corrected chi connectivity index (χ0v) is 22.3. The Hall–Kier alpha value is -2.86. The Morgan fingerprint density at radius 1 is 1.14 bits per heavy atom. The van der Waals surface area contributed by atoms with E-state index in [1.165, 1.54) is 41.0 Å². The van der Waals surface area contributed by atoms with Gasteiger partial charge in [-0.05, 0) is 49.2 Å². The molecule has 0 bridgehead atoms. The molecule has 0 spiro atoms. The molecule has 192 valence electrons. The zero-order valence-electron chi connectivity index (χ0n) is 19.9. The van der Waals surface area contributed by atoms with Gasteiger partial charge in [0.1, 0.15) is 11.5 Å². The highest BCUT2D eigenvalue weighted by atomic mass is 35.5. The summed E-state index contributed by atoms with van der Waals surface area (Å²) in [6, 6.07) is 9.66. The van der Waals surface area contributed by atoms with Gasteiger partial charge in [0, 0.05) is 31.1 Å². The van der Waals surface area contributed by atoms with Gasteiger partial charge < -0.3 is 20.1 Å². The van der Waals surface area contributed by atoms with Gasteiger partial charge in [0.25, 0.3) is 5.91 Å². The van der Waals surface area contributed by atoms with Gasteiger partial charge in [-0.1, -0.05) is 18.0 Å². The van der Waals surface area contributed by atoms with Crippen LogP contribution < -0.4 is 20.1 Å². The summed E-state index contributed by atoms with van der Waals surface area (Å²) in [6.07, 6.45) is 2.72. The van der Waals surface area contributed by atoms with Crippen LogP contribution in [0.3, 0.4) is 0 Å². The van der Waals surface area contributed by atoms with Crippen LogP contribution in [0.5, 0.6) is 11.5 Å². The van der Waals surface area contributed by atoms with E-state index in [4.69, 9.17) is 21.1 Å². The van der Waals surface area contributed by atoms with Crippen LogP contribution in [-0.4, -0.2) is 57.5 Å². The predicted octanol–water partition coefficient (Wildman–Crippen LogP) is 4.71. The quantitative estimate of drug-likeness (QED) is 0.397. The second-order valence-electron chi connectivity index (χ2n) is 8.10. The maximum Gasteiger partial charge on any atom is 0.262 e. The molecule has 9 nitrogen and oxygen atoms in total. The average molecular weight is 551 g/mol. The number of aromatic nitrogens is 1. The van der Waals surface area contributed by atoms with Gasteiger partial charge in [-0.15, -0.1) is 11.3 Å². The first-order valence-corrected chi connectivity index (χ1v) is 14.1. The molecule has 3 aromatic rings. The minimum atomic E-state index is -3.62. The smallest absolute Gasteiger partial charge is 0.262 e. The molecule has 2 heterocycles. The Bertz CT molecular complexity index is 1340. The first kappa shape index (κ1) is 26.2. The summed E-state index contributed by atoms with van der Waals surface area (Å²) in [5.74, 6) is 0.273. The Morgan fingerprint density at radius 3 is 2.56 bits per heavy atom. The third kappa shape index (κ3) is 5.92. The number of amides is 1. The number of thiazole rings is 1. The lowest BCUT2D eigenvalue weighted by Gasteiger charge is -2.26. The summed E-state index contributed by atoms with van der Waals surface area (Å²) in [4.78, 5) is 17.2. The fraction of sp³-hybridized carbons (Fsp3) is 0.333. The maximum atomic E-state index is 12.9. The fourth-order valence-electron chi connectivity index (χ4n) is 3.83. The number of nitrogens with one attached hydrogen (secondary N) is 2. The van der Waals surface area contributed by atoms with Gasteiger partial charge in [-0.25, -0.2) is 13.4 Å². The van der Waals surface area contributed by atoms with Crippen molar-refractivity contribution in [2.75, 3.05) is 44.5 Å². The van der Waals surface area contributed by atoms with Crippen molar-refractivity contribution in [1.29, 1.82) is 0 Å². The lowest BCUT2D eigenvalue weighted by molar-refractivity contribution is -0.118. The monoisotopic (exact) mass is 550 g/mol. The first-order valence-electron chi connectivity index (χ1n) is 11.4. The van der Waals surface area contributed by atoms with E-state index in [-0.39, 0.29) is 22.3 Å². The Balaban J connectivity index is 1.42. The molecule has 0 radical (unpaired) electrons. The van der Waals surface area contributed by atoms with E-state index in [0.717, 1.165) is 35.7 Å². The molecule has 1 aromatic heterocycles. The molecular formula is C24H27ClN4O5S2. The molecule has 12 heteroatoms. The highest BCUT2D eigenvalue weighted by molar-refractivity contribution is 7.89. The van der Waals surface area contributed by atoms with Crippen molar-refractivity contribution in [2.45, 2.75) is 24.2 Å². The number of sulfonamides is 1. The minimum Gasteiger partial charge on any atom is -0.495 e. The molecule has 1 aliphatic heterocycles. The number of carbonyl (C=O) groups is 1. The molecule has 1 saturated heterocycles. The number of benzene rings is 2. The van der Waals surface area contributed by atoms with E-state index in [2.05, 4.69) is 15.6 Å². The second kappa shape index (κ2) is 11.5. The van der Waals surface area contributed by atoms with Crippen LogP contribution in [0.25, 0.3) is 11.3 Å². The van der Waals surface area contributed by atoms with Crippen molar-refractivity contribution in [1.82, 2.24) is 9.29 Å². The van der Waals surface area contributed by atoms with Gasteiger partial charge in [-0.2, -0.15) is 4.31 Å². The molecule has 0 aliphatic carbocycles. The van der Waals surface area contributed by atoms with E-state index in [9.17, 15) is 13.2 Å². The summed E-state index contributed by atoms with van der Waals surface area (Å²) in [7, 11) is -0.299. The Labute approximate surface area is 219 Å². The Kier molecular flexibility index (Phi) is 8.35. The van der Waals surface area contributed by atoms with Gasteiger partial charge in [-0.3, -0.25) is 4.79 Å². The van der Waals surface area contributed by atoms with Crippen LogP contribution in [-0.2, 0) is 14.8 Å². The number of rotatable bonds is 9. The normalized spacial score (nSPS) is 14.3. The second-order valence-corrected chi connectivity index (χ2v) is 11.3. The minimum absolute atomic E-state index is 0.108. The van der Waals surface area contributed by atoms with Crippen LogP contribution in [0.15, 0.2) is 46.7 Å². The molecule has 1 aliphatic rings. The van der Waals surface area contributed by atoms with Crippen molar-refractivity contribution in [3.05, 3.63) is 46.8 Å². The number of hydrogen-bond acceptors (Lipinski definition) is 8. The summed E-state index contributed by atoms with van der Waals surface area (Å²) in [6.45, 7) is 0.677. The van der Waals surface area contributed by atoms with E-state index in [1.807, 2.05) is 11.4 Å². The topological polar surface area (TPSA) is 110 Å². The number of ether oxygens (including phenoxy) is 2. The number of hydrogen-bond donors (Lipinski definition) is 2. The number of piperidine rings is 1. The van der Waals surface area contributed by atoms with Crippen molar-refractivity contribution in [2.24, 2.45) is 0 Å². The van der Waals surface area contributed by atoms with Crippen molar-refractivity contribution < 1.29 is 22.7 Å². The van der Waals surface area contributed by atoms with Crippen LogP contribution in [0, 0.1) is 0 Å². The lowest BCUT2D eigenvalue weighted by atomic mass is 10.1. The van der Waals surface area contributed by atoms with Crippen molar-refractivity contribution >= 4 is 49.7 Å². The molecule has 0 unspecified atom stereocenters. The molecule has 0 atom stereocenters. The van der Waals surface area contributed by atoms with Crippen LogP contribution >= 0.6 is 22.9 Å². The van der Waals surface area contributed by atoms with Crippen molar-refractivity contribution in [3.8, 4) is 22.8 Å². The number of nitrogens with zero attached hydrogens (tertiary/aromatic N) is 2. The van der Waals surface area contributed by atoms with Gasteiger partial charge in [0.15, 0.2) is 11.7 Å². The molecule has 1 fully saturated rings. The molecule has 0 saturated carbocycles. The zero-order chi connectivity index (χ0) is 25.7. The largest absolute Gasteiger partial charge is 0.495 e. The third-order valence-corrected chi connectivity index (χ3v) is 8.75.